The van der Waals surface area contributed by atoms with E-state index in [2.05, 4.69) is 39.3 Å². The van der Waals surface area contributed by atoms with Crippen LogP contribution in [0.15, 0.2) is 43.0 Å². The van der Waals surface area contributed by atoms with E-state index in [1.54, 1.807) is 12.4 Å². The smallest absolute Gasteiger partial charge is 0.315 e. The summed E-state index contributed by atoms with van der Waals surface area (Å²) in [5.74, 6) is 0. The van der Waals surface area contributed by atoms with E-state index in [1.165, 1.54) is 25.6 Å². The van der Waals surface area contributed by atoms with Crippen molar-refractivity contribution in [2.75, 3.05) is 19.6 Å². The fourth-order valence-electron chi connectivity index (χ4n) is 3.65. The molecular formula is C22H31N5O. The first-order valence-electron chi connectivity index (χ1n) is 10.1. The molecule has 2 aromatic rings. The molecule has 2 N–H and O–H groups in total. The fraction of sp³-hybridized carbons (Fsp3) is 0.500. The summed E-state index contributed by atoms with van der Waals surface area (Å²) >= 11 is 0. The van der Waals surface area contributed by atoms with Crippen LogP contribution in [0.4, 0.5) is 4.79 Å². The minimum Gasteiger partial charge on any atom is -0.336 e. The Hall–Kier alpha value is -2.47. The van der Waals surface area contributed by atoms with Crippen molar-refractivity contribution in [1.29, 1.82) is 0 Å². The maximum Gasteiger partial charge on any atom is 0.315 e. The second-order valence-electron chi connectivity index (χ2n) is 8.16. The highest BCUT2D eigenvalue weighted by atomic mass is 16.2. The molecule has 1 saturated heterocycles. The standard InChI is InChI=1S/C22H31N5O/c1-17(18-7-9-19(10-8-18)20-13-23-16-24-14-20)26-21(28)25-15-22(2,3)27-11-5-4-6-12-27/h7-10,13-14,16-17H,4-6,11-12,15H2,1-3H3,(H2,25,26,28). The van der Waals surface area contributed by atoms with Gasteiger partial charge in [-0.05, 0) is 57.8 Å². The van der Waals surface area contributed by atoms with Crippen molar-refractivity contribution in [3.05, 3.63) is 48.5 Å². The van der Waals surface area contributed by atoms with Crippen LogP contribution in [0, 0.1) is 0 Å². The number of piperidine rings is 1. The van der Waals surface area contributed by atoms with Gasteiger partial charge >= 0.3 is 6.03 Å². The molecule has 1 aromatic carbocycles. The van der Waals surface area contributed by atoms with E-state index in [4.69, 9.17) is 0 Å². The lowest BCUT2D eigenvalue weighted by atomic mass is 9.98. The molecule has 1 atom stereocenters. The van der Waals surface area contributed by atoms with Gasteiger partial charge in [-0.2, -0.15) is 0 Å². The van der Waals surface area contributed by atoms with Gasteiger partial charge in [-0.25, -0.2) is 14.8 Å². The highest BCUT2D eigenvalue weighted by molar-refractivity contribution is 5.74. The number of nitrogens with one attached hydrogen (secondary N) is 2. The summed E-state index contributed by atoms with van der Waals surface area (Å²) in [4.78, 5) is 23.0. The van der Waals surface area contributed by atoms with Crippen LogP contribution in [0.25, 0.3) is 11.1 Å². The molecule has 6 heteroatoms. The quantitative estimate of drug-likeness (QED) is 0.799. The van der Waals surface area contributed by atoms with Gasteiger partial charge in [0.25, 0.3) is 0 Å². The van der Waals surface area contributed by atoms with Crippen molar-refractivity contribution >= 4 is 6.03 Å². The zero-order valence-corrected chi connectivity index (χ0v) is 17.1. The van der Waals surface area contributed by atoms with Crippen LogP contribution in [0.3, 0.4) is 0 Å². The van der Waals surface area contributed by atoms with Gasteiger partial charge in [0.05, 0.1) is 6.04 Å². The van der Waals surface area contributed by atoms with Gasteiger partial charge < -0.3 is 10.6 Å². The van der Waals surface area contributed by atoms with E-state index >= 15 is 0 Å². The Morgan fingerprint density at radius 1 is 1.07 bits per heavy atom. The molecule has 0 saturated carbocycles. The largest absolute Gasteiger partial charge is 0.336 e. The van der Waals surface area contributed by atoms with E-state index in [1.807, 2.05) is 31.2 Å². The molecule has 3 rings (SSSR count). The van der Waals surface area contributed by atoms with E-state index in [0.29, 0.717) is 6.54 Å². The number of rotatable bonds is 6. The summed E-state index contributed by atoms with van der Waals surface area (Å²) in [6, 6.07) is 7.93. The summed E-state index contributed by atoms with van der Waals surface area (Å²) in [6.45, 7) is 9.27. The fourth-order valence-corrected chi connectivity index (χ4v) is 3.65. The van der Waals surface area contributed by atoms with Crippen LogP contribution in [0.5, 0.6) is 0 Å². The predicted octanol–water partition coefficient (Wildman–Crippen LogP) is 3.77. The first kappa shape index (κ1) is 20.3. The van der Waals surface area contributed by atoms with Crippen LogP contribution >= 0.6 is 0 Å². The van der Waals surface area contributed by atoms with Crippen LogP contribution < -0.4 is 10.6 Å². The number of hydrogen-bond donors (Lipinski definition) is 2. The molecule has 2 amide bonds. The molecular weight excluding hydrogens is 350 g/mol. The van der Waals surface area contributed by atoms with Gasteiger partial charge in [-0.1, -0.05) is 30.7 Å². The van der Waals surface area contributed by atoms with Gasteiger partial charge in [-0.15, -0.1) is 0 Å². The Balaban J connectivity index is 1.51. The van der Waals surface area contributed by atoms with E-state index in [0.717, 1.165) is 29.8 Å². The minimum atomic E-state index is -0.127. The molecule has 28 heavy (non-hydrogen) atoms. The van der Waals surface area contributed by atoms with Crippen molar-refractivity contribution < 1.29 is 4.79 Å². The van der Waals surface area contributed by atoms with Gasteiger partial charge in [0.1, 0.15) is 6.33 Å². The number of hydrogen-bond acceptors (Lipinski definition) is 4. The number of amides is 2. The lowest BCUT2D eigenvalue weighted by Crippen LogP contribution is -2.54. The number of carbonyl (C=O) groups excluding carboxylic acids is 1. The molecule has 2 heterocycles. The number of nitrogens with zero attached hydrogens (tertiary/aromatic N) is 3. The van der Waals surface area contributed by atoms with Crippen molar-refractivity contribution in [2.24, 2.45) is 0 Å². The van der Waals surface area contributed by atoms with Crippen LogP contribution in [-0.4, -0.2) is 46.1 Å². The molecule has 1 aromatic heterocycles. The van der Waals surface area contributed by atoms with Crippen molar-refractivity contribution in [3.63, 3.8) is 0 Å². The van der Waals surface area contributed by atoms with E-state index in [9.17, 15) is 4.79 Å². The van der Waals surface area contributed by atoms with Gasteiger partial charge in [0.2, 0.25) is 0 Å². The summed E-state index contributed by atoms with van der Waals surface area (Å²) in [5.41, 5.74) is 3.07. The molecule has 0 aliphatic carbocycles. The van der Waals surface area contributed by atoms with Gasteiger partial charge in [-0.3, -0.25) is 4.90 Å². The Morgan fingerprint density at radius 3 is 2.36 bits per heavy atom. The van der Waals surface area contributed by atoms with Crippen molar-refractivity contribution in [2.45, 2.75) is 51.6 Å². The highest BCUT2D eigenvalue weighted by Crippen LogP contribution is 2.21. The molecule has 0 spiro atoms. The van der Waals surface area contributed by atoms with E-state index < -0.39 is 0 Å². The number of urea groups is 1. The Morgan fingerprint density at radius 2 is 1.71 bits per heavy atom. The minimum absolute atomic E-state index is 0.0274. The third kappa shape index (κ3) is 5.29. The van der Waals surface area contributed by atoms with Crippen molar-refractivity contribution in [1.82, 2.24) is 25.5 Å². The monoisotopic (exact) mass is 381 g/mol. The Kier molecular flexibility index (Phi) is 6.62. The molecule has 0 bridgehead atoms. The summed E-state index contributed by atoms with van der Waals surface area (Å²) in [7, 11) is 0. The summed E-state index contributed by atoms with van der Waals surface area (Å²) in [6.07, 6.45) is 8.92. The molecule has 1 fully saturated rings. The molecule has 1 aliphatic heterocycles. The maximum atomic E-state index is 12.4. The first-order chi connectivity index (χ1) is 13.5. The third-order valence-corrected chi connectivity index (χ3v) is 5.55. The molecule has 0 radical (unpaired) electrons. The lowest BCUT2D eigenvalue weighted by Gasteiger charge is -2.41. The molecule has 6 nitrogen and oxygen atoms in total. The molecule has 1 unspecified atom stereocenters. The van der Waals surface area contributed by atoms with E-state index in [-0.39, 0.29) is 17.6 Å². The van der Waals surface area contributed by atoms with Crippen LogP contribution in [-0.2, 0) is 0 Å². The maximum absolute atomic E-state index is 12.4. The SMILES string of the molecule is CC(NC(=O)NCC(C)(C)N1CCCCC1)c1ccc(-c2cncnc2)cc1. The zero-order valence-electron chi connectivity index (χ0n) is 17.1. The third-order valence-electron chi connectivity index (χ3n) is 5.55. The van der Waals surface area contributed by atoms with Crippen LogP contribution in [0.1, 0.15) is 51.6 Å². The van der Waals surface area contributed by atoms with Gasteiger partial charge in [0, 0.05) is 30.0 Å². The molecule has 1 aliphatic rings. The number of carbonyl (C=O) groups is 1. The average Bonchev–Trinajstić information content (AvgIpc) is 2.74. The summed E-state index contributed by atoms with van der Waals surface area (Å²) < 4.78 is 0. The normalized spacial score (nSPS) is 16.4. The number of likely N-dealkylation sites (tertiary alicyclic amines) is 1. The number of benzene rings is 1. The van der Waals surface area contributed by atoms with Gasteiger partial charge in [0.15, 0.2) is 0 Å². The zero-order chi connectivity index (χ0) is 20.0. The topological polar surface area (TPSA) is 70.2 Å². The predicted molar refractivity (Wildman–Crippen MR) is 112 cm³/mol. The first-order valence-corrected chi connectivity index (χ1v) is 10.1. The van der Waals surface area contributed by atoms with Crippen LogP contribution in [0.2, 0.25) is 0 Å². The second-order valence-corrected chi connectivity index (χ2v) is 8.16. The Labute approximate surface area is 167 Å². The number of aromatic nitrogens is 2. The van der Waals surface area contributed by atoms with Crippen molar-refractivity contribution in [3.8, 4) is 11.1 Å². The molecule has 150 valence electrons. The summed E-state index contributed by atoms with van der Waals surface area (Å²) in [5, 5.41) is 6.09. The highest BCUT2D eigenvalue weighted by Gasteiger charge is 2.28. The second kappa shape index (κ2) is 9.15. The lowest BCUT2D eigenvalue weighted by molar-refractivity contribution is 0.0959. The Bertz CT molecular complexity index is 754. The average molecular weight is 382 g/mol.